The Kier molecular flexibility index (Phi) is 11.7. The molecule has 0 aromatic heterocycles. The molecule has 0 aliphatic rings. The average Bonchev–Trinajstić information content (AvgIpc) is 2.44. The maximum absolute atomic E-state index is 3.34. The summed E-state index contributed by atoms with van der Waals surface area (Å²) in [5.74, 6) is 0. The lowest BCUT2D eigenvalue weighted by Crippen LogP contribution is -2.15. The molecule has 104 valence electrons. The van der Waals surface area contributed by atoms with Gasteiger partial charge in [0.1, 0.15) is 0 Å². The molecule has 0 saturated carbocycles. The molecule has 0 heterocycles. The van der Waals surface area contributed by atoms with Crippen LogP contribution >= 0.6 is 0 Å². The van der Waals surface area contributed by atoms with Crippen LogP contribution in [0.4, 0.5) is 5.69 Å². The normalized spacial score (nSPS) is 9.56. The molecule has 0 bridgehead atoms. The smallest absolute Gasteiger partial charge is 0.0337 e. The van der Waals surface area contributed by atoms with Crippen LogP contribution in [-0.2, 0) is 6.42 Å². The van der Waals surface area contributed by atoms with Gasteiger partial charge in [-0.1, -0.05) is 39.3 Å². The highest BCUT2D eigenvalue weighted by molar-refractivity contribution is 5.43. The van der Waals surface area contributed by atoms with E-state index in [1.54, 1.807) is 0 Å². The lowest BCUT2D eigenvalue weighted by Gasteiger charge is -1.99. The maximum atomic E-state index is 3.34. The Hall–Kier alpha value is -1.02. The summed E-state index contributed by atoms with van der Waals surface area (Å²) in [4.78, 5) is 0. The lowest BCUT2D eigenvalue weighted by molar-refractivity contribution is 0.633. The van der Waals surface area contributed by atoms with Gasteiger partial charge in [0.2, 0.25) is 0 Å². The average molecular weight is 250 g/mol. The fourth-order valence-electron chi connectivity index (χ4n) is 1.51. The quantitative estimate of drug-likeness (QED) is 0.713. The molecule has 0 atom stereocenters. The van der Waals surface area contributed by atoms with Crippen LogP contribution in [0.3, 0.4) is 0 Å². The molecule has 0 unspecified atom stereocenters. The fraction of sp³-hybridized carbons (Fsp3) is 0.625. The summed E-state index contributed by atoms with van der Waals surface area (Å²) in [5.41, 5.74) is 2.57. The zero-order chi connectivity index (χ0) is 13.6. The number of rotatable bonds is 7. The van der Waals surface area contributed by atoms with E-state index in [1.807, 2.05) is 7.05 Å². The van der Waals surface area contributed by atoms with E-state index in [1.165, 1.54) is 43.6 Å². The van der Waals surface area contributed by atoms with E-state index in [9.17, 15) is 0 Å². The van der Waals surface area contributed by atoms with E-state index < -0.39 is 0 Å². The van der Waals surface area contributed by atoms with E-state index in [2.05, 4.69) is 55.7 Å². The number of anilines is 1. The first-order valence-electron chi connectivity index (χ1n) is 7.25. The Balaban J connectivity index is 0.000000331. The highest BCUT2D eigenvalue weighted by atomic mass is 14.8. The van der Waals surface area contributed by atoms with Gasteiger partial charge < -0.3 is 10.6 Å². The van der Waals surface area contributed by atoms with Gasteiger partial charge in [-0.3, -0.25) is 0 Å². The Morgan fingerprint density at radius 2 is 1.56 bits per heavy atom. The third-order valence-electron chi connectivity index (χ3n) is 2.78. The molecule has 1 aromatic carbocycles. The molecule has 0 saturated heterocycles. The van der Waals surface area contributed by atoms with Gasteiger partial charge in [0, 0.05) is 12.7 Å². The number of nitrogens with one attached hydrogen (secondary N) is 2. The van der Waals surface area contributed by atoms with Crippen molar-refractivity contribution in [3.05, 3.63) is 29.8 Å². The van der Waals surface area contributed by atoms with Crippen molar-refractivity contribution in [1.82, 2.24) is 5.32 Å². The van der Waals surface area contributed by atoms with Crippen LogP contribution in [0.5, 0.6) is 0 Å². The molecular formula is C16H30N2. The van der Waals surface area contributed by atoms with Gasteiger partial charge in [-0.05, 0) is 50.0 Å². The van der Waals surface area contributed by atoms with Crippen molar-refractivity contribution in [2.24, 2.45) is 0 Å². The predicted molar refractivity (Wildman–Crippen MR) is 83.4 cm³/mol. The second-order valence-electron chi connectivity index (χ2n) is 4.40. The summed E-state index contributed by atoms with van der Waals surface area (Å²) in [6.45, 7) is 8.95. The SMILES string of the molecule is CCCCNCCC.CCc1ccc(NC)cc1. The van der Waals surface area contributed by atoms with Gasteiger partial charge in [0.05, 0.1) is 0 Å². The Bertz CT molecular complexity index is 238. The van der Waals surface area contributed by atoms with Crippen molar-refractivity contribution in [2.75, 3.05) is 25.5 Å². The van der Waals surface area contributed by atoms with Crippen LogP contribution in [0, 0.1) is 0 Å². The third-order valence-corrected chi connectivity index (χ3v) is 2.78. The Labute approximate surface area is 113 Å². The van der Waals surface area contributed by atoms with Crippen molar-refractivity contribution in [3.8, 4) is 0 Å². The number of hydrogen-bond donors (Lipinski definition) is 2. The first-order valence-corrected chi connectivity index (χ1v) is 7.25. The predicted octanol–water partition coefficient (Wildman–Crippen LogP) is 4.08. The fourth-order valence-corrected chi connectivity index (χ4v) is 1.51. The van der Waals surface area contributed by atoms with Crippen LogP contribution in [0.1, 0.15) is 45.6 Å². The van der Waals surface area contributed by atoms with Crippen molar-refractivity contribution in [1.29, 1.82) is 0 Å². The molecule has 0 fully saturated rings. The first kappa shape index (κ1) is 17.0. The molecule has 0 aliphatic carbocycles. The molecule has 1 aromatic rings. The molecule has 1 rings (SSSR count). The van der Waals surface area contributed by atoms with E-state index in [0.29, 0.717) is 0 Å². The topological polar surface area (TPSA) is 24.1 Å². The van der Waals surface area contributed by atoms with E-state index in [0.717, 1.165) is 6.42 Å². The van der Waals surface area contributed by atoms with Crippen LogP contribution in [0.25, 0.3) is 0 Å². The van der Waals surface area contributed by atoms with Gasteiger partial charge in [0.25, 0.3) is 0 Å². The van der Waals surface area contributed by atoms with Gasteiger partial charge >= 0.3 is 0 Å². The molecule has 2 N–H and O–H groups in total. The zero-order valence-electron chi connectivity index (χ0n) is 12.6. The van der Waals surface area contributed by atoms with Crippen LogP contribution in [0.15, 0.2) is 24.3 Å². The second kappa shape index (κ2) is 12.4. The summed E-state index contributed by atoms with van der Waals surface area (Å²) >= 11 is 0. The van der Waals surface area contributed by atoms with Crippen molar-refractivity contribution in [3.63, 3.8) is 0 Å². The Morgan fingerprint density at radius 3 is 2.00 bits per heavy atom. The minimum Gasteiger partial charge on any atom is -0.388 e. The molecule has 2 nitrogen and oxygen atoms in total. The molecule has 0 amide bonds. The number of aryl methyl sites for hydroxylation is 1. The highest BCUT2D eigenvalue weighted by Gasteiger charge is 1.87. The molecular weight excluding hydrogens is 220 g/mol. The van der Waals surface area contributed by atoms with Crippen molar-refractivity contribution >= 4 is 5.69 Å². The summed E-state index contributed by atoms with van der Waals surface area (Å²) in [7, 11) is 1.93. The van der Waals surface area contributed by atoms with Gasteiger partial charge in [-0.2, -0.15) is 0 Å². The number of benzene rings is 1. The minimum atomic E-state index is 1.12. The zero-order valence-corrected chi connectivity index (χ0v) is 12.6. The standard InChI is InChI=1S/C9H13N.C7H17N/c1-3-8-4-6-9(10-2)7-5-8;1-3-5-7-8-6-4-2/h4-7,10H,3H2,1-2H3;8H,3-7H2,1-2H3. The largest absolute Gasteiger partial charge is 0.388 e. The second-order valence-corrected chi connectivity index (χ2v) is 4.40. The van der Waals surface area contributed by atoms with E-state index in [-0.39, 0.29) is 0 Å². The number of hydrogen-bond acceptors (Lipinski definition) is 2. The minimum absolute atomic E-state index is 1.12. The summed E-state index contributed by atoms with van der Waals surface area (Å²) in [5, 5.41) is 6.41. The summed E-state index contributed by atoms with van der Waals surface area (Å²) in [6.07, 6.45) is 4.99. The molecule has 18 heavy (non-hydrogen) atoms. The summed E-state index contributed by atoms with van der Waals surface area (Å²) < 4.78 is 0. The third kappa shape index (κ3) is 9.06. The lowest BCUT2D eigenvalue weighted by atomic mass is 10.1. The van der Waals surface area contributed by atoms with Crippen LogP contribution in [-0.4, -0.2) is 20.1 Å². The molecule has 2 heteroatoms. The summed E-state index contributed by atoms with van der Waals surface area (Å²) in [6, 6.07) is 8.48. The van der Waals surface area contributed by atoms with Crippen molar-refractivity contribution in [2.45, 2.75) is 46.5 Å². The van der Waals surface area contributed by atoms with Crippen LogP contribution in [0.2, 0.25) is 0 Å². The van der Waals surface area contributed by atoms with E-state index >= 15 is 0 Å². The maximum Gasteiger partial charge on any atom is 0.0337 e. The highest BCUT2D eigenvalue weighted by Crippen LogP contribution is 2.08. The Morgan fingerprint density at radius 1 is 0.889 bits per heavy atom. The van der Waals surface area contributed by atoms with Gasteiger partial charge in [-0.25, -0.2) is 0 Å². The van der Waals surface area contributed by atoms with Crippen LogP contribution < -0.4 is 10.6 Å². The van der Waals surface area contributed by atoms with Gasteiger partial charge in [0.15, 0.2) is 0 Å². The van der Waals surface area contributed by atoms with Crippen molar-refractivity contribution < 1.29 is 0 Å². The molecule has 0 aliphatic heterocycles. The number of unbranched alkanes of at least 4 members (excludes halogenated alkanes) is 1. The molecule has 0 radical (unpaired) electrons. The van der Waals surface area contributed by atoms with E-state index in [4.69, 9.17) is 0 Å². The van der Waals surface area contributed by atoms with Gasteiger partial charge in [-0.15, -0.1) is 0 Å². The first-order chi connectivity index (χ1) is 8.78. The monoisotopic (exact) mass is 250 g/mol. The molecule has 0 spiro atoms.